The Kier molecular flexibility index (Phi) is 7.00. The number of halogens is 2. The van der Waals surface area contributed by atoms with E-state index < -0.39 is 0 Å². The van der Waals surface area contributed by atoms with E-state index in [1.807, 2.05) is 29.6 Å². The summed E-state index contributed by atoms with van der Waals surface area (Å²) in [5.41, 5.74) is 3.39. The van der Waals surface area contributed by atoms with Crippen LogP contribution in [0.5, 0.6) is 5.75 Å². The molecule has 182 valence electrons. The number of Topliss-reactive ketones (excluding diaryl/α,β-unsaturated/α-hetero) is 1. The van der Waals surface area contributed by atoms with Crippen molar-refractivity contribution in [3.05, 3.63) is 87.0 Å². The minimum Gasteiger partial charge on any atom is -0.486 e. The molecule has 1 unspecified atom stereocenters. The summed E-state index contributed by atoms with van der Waals surface area (Å²) in [7, 11) is 0. The molecule has 0 radical (unpaired) electrons. The molecule has 0 aliphatic carbocycles. The number of carbonyl (C=O) groups is 2. The Balaban J connectivity index is 1.17. The number of thiazole rings is 1. The number of ether oxygens (including phenoxy) is 1. The lowest BCUT2D eigenvalue weighted by Crippen LogP contribution is -2.33. The number of amides is 1. The summed E-state index contributed by atoms with van der Waals surface area (Å²) in [6, 6.07) is 13.7. The Bertz CT molecular complexity index is 1480. The highest BCUT2D eigenvalue weighted by Crippen LogP contribution is 2.41. The third-order valence-electron chi connectivity index (χ3n) is 5.61. The molecule has 9 heteroatoms. The molecule has 5 nitrogen and oxygen atoms in total. The molecule has 1 N–H and O–H groups in total. The number of nitrogens with zero attached hydrogens (tertiary/aromatic N) is 1. The van der Waals surface area contributed by atoms with Crippen molar-refractivity contribution in [1.29, 1.82) is 0 Å². The number of benzene rings is 2. The van der Waals surface area contributed by atoms with Gasteiger partial charge in [0.2, 0.25) is 5.91 Å². The second kappa shape index (κ2) is 10.3. The number of rotatable bonds is 7. The predicted octanol–water partition coefficient (Wildman–Crippen LogP) is 6.67. The lowest BCUT2D eigenvalue weighted by molar-refractivity contribution is -0.116. The third kappa shape index (κ3) is 5.41. The van der Waals surface area contributed by atoms with Gasteiger partial charge in [-0.25, -0.2) is 9.37 Å². The Morgan fingerprint density at radius 3 is 2.75 bits per heavy atom. The number of carbonyl (C=O) groups excluding carboxylic acids is 2. The highest BCUT2D eigenvalue weighted by molar-refractivity contribution is 7.17. The van der Waals surface area contributed by atoms with Crippen LogP contribution in [0, 0.1) is 5.82 Å². The molecule has 1 aliphatic heterocycles. The van der Waals surface area contributed by atoms with Gasteiger partial charge in [-0.1, -0.05) is 11.6 Å². The Morgan fingerprint density at radius 1 is 1.19 bits per heavy atom. The minimum absolute atomic E-state index is 0.0368. The molecule has 0 bridgehead atoms. The van der Waals surface area contributed by atoms with E-state index in [1.165, 1.54) is 40.9 Å². The van der Waals surface area contributed by atoms with Gasteiger partial charge in [-0.15, -0.1) is 22.7 Å². The zero-order valence-corrected chi connectivity index (χ0v) is 21.5. The normalized spacial score (nSPS) is 14.6. The molecular formula is C27H20ClFN2O3S2. The zero-order chi connectivity index (χ0) is 25.2. The predicted molar refractivity (Wildman–Crippen MR) is 142 cm³/mol. The van der Waals surface area contributed by atoms with Gasteiger partial charge in [-0.05, 0) is 67.1 Å². The van der Waals surface area contributed by atoms with E-state index in [-0.39, 0.29) is 23.6 Å². The van der Waals surface area contributed by atoms with Crippen molar-refractivity contribution in [3.8, 4) is 26.8 Å². The van der Waals surface area contributed by atoms with Gasteiger partial charge < -0.3 is 10.1 Å². The van der Waals surface area contributed by atoms with Crippen molar-refractivity contribution < 1.29 is 18.7 Å². The van der Waals surface area contributed by atoms with E-state index >= 15 is 0 Å². The first kappa shape index (κ1) is 24.4. The Morgan fingerprint density at radius 2 is 2.00 bits per heavy atom. The molecule has 1 aliphatic rings. The van der Waals surface area contributed by atoms with Crippen LogP contribution in [0.25, 0.3) is 27.1 Å². The van der Waals surface area contributed by atoms with Gasteiger partial charge in [-0.2, -0.15) is 0 Å². The van der Waals surface area contributed by atoms with E-state index in [9.17, 15) is 14.0 Å². The molecule has 1 atom stereocenters. The molecule has 36 heavy (non-hydrogen) atoms. The first-order valence-electron chi connectivity index (χ1n) is 11.1. The van der Waals surface area contributed by atoms with Gasteiger partial charge in [0.05, 0.1) is 22.1 Å². The molecule has 2 aromatic heterocycles. The van der Waals surface area contributed by atoms with Crippen molar-refractivity contribution in [1.82, 2.24) is 10.3 Å². The number of fused-ring (bicyclic) bond motifs is 1. The van der Waals surface area contributed by atoms with E-state index in [4.69, 9.17) is 16.3 Å². The second-order valence-corrected chi connectivity index (χ2v) is 10.6. The van der Waals surface area contributed by atoms with E-state index in [1.54, 1.807) is 25.1 Å². The van der Waals surface area contributed by atoms with Crippen molar-refractivity contribution in [3.63, 3.8) is 0 Å². The average molecular weight is 539 g/mol. The second-order valence-electron chi connectivity index (χ2n) is 8.27. The van der Waals surface area contributed by atoms with Gasteiger partial charge in [0.25, 0.3) is 0 Å². The van der Waals surface area contributed by atoms with Crippen LogP contribution in [0.1, 0.15) is 27.9 Å². The minimum atomic E-state index is -0.296. The Labute approximate surface area is 220 Å². The number of nitrogens with one attached hydrogen (secondary N) is 1. The first-order valence-corrected chi connectivity index (χ1v) is 13.2. The summed E-state index contributed by atoms with van der Waals surface area (Å²) < 4.78 is 19.1. The van der Waals surface area contributed by atoms with E-state index in [0.29, 0.717) is 34.3 Å². The fourth-order valence-electron chi connectivity index (χ4n) is 3.85. The number of hydrogen-bond donors (Lipinski definition) is 1. The summed E-state index contributed by atoms with van der Waals surface area (Å²) in [5, 5.41) is 5.96. The van der Waals surface area contributed by atoms with Gasteiger partial charge >= 0.3 is 0 Å². The molecular weight excluding hydrogens is 519 g/mol. The van der Waals surface area contributed by atoms with Crippen LogP contribution < -0.4 is 10.1 Å². The molecule has 5 rings (SSSR count). The summed E-state index contributed by atoms with van der Waals surface area (Å²) in [5.74, 6) is 0.118. The lowest BCUT2D eigenvalue weighted by Gasteiger charge is -2.11. The molecule has 0 fully saturated rings. The van der Waals surface area contributed by atoms with Crippen LogP contribution >= 0.6 is 34.3 Å². The van der Waals surface area contributed by atoms with Crippen molar-refractivity contribution in [2.45, 2.75) is 19.4 Å². The molecule has 0 saturated carbocycles. The van der Waals surface area contributed by atoms with E-state index in [0.717, 1.165) is 26.6 Å². The summed E-state index contributed by atoms with van der Waals surface area (Å²) >= 11 is 9.34. The monoisotopic (exact) mass is 538 g/mol. The first-order chi connectivity index (χ1) is 17.4. The van der Waals surface area contributed by atoms with Crippen LogP contribution in [0.3, 0.4) is 0 Å². The fourth-order valence-corrected chi connectivity index (χ4v) is 5.81. The molecule has 4 aromatic rings. The SMILES string of the molecule is CC(=O)c1ccc(-c2cc(Cl)c3c(c2)CC(CNC(=O)/C=C/c2csc(-c4ccc(F)cc4)n2)O3)s1. The smallest absolute Gasteiger partial charge is 0.244 e. The molecule has 2 aromatic carbocycles. The number of hydrogen-bond acceptors (Lipinski definition) is 6. The summed E-state index contributed by atoms with van der Waals surface area (Å²) in [6.07, 6.45) is 3.46. The maximum absolute atomic E-state index is 13.1. The van der Waals surface area contributed by atoms with Crippen LogP contribution in [0.4, 0.5) is 4.39 Å². The van der Waals surface area contributed by atoms with Crippen LogP contribution in [-0.2, 0) is 11.2 Å². The van der Waals surface area contributed by atoms with Crippen molar-refractivity contribution in [2.75, 3.05) is 6.54 Å². The van der Waals surface area contributed by atoms with Crippen LogP contribution in [0.15, 0.2) is 60.0 Å². The van der Waals surface area contributed by atoms with Crippen LogP contribution in [-0.4, -0.2) is 29.3 Å². The largest absolute Gasteiger partial charge is 0.486 e. The number of thiophene rings is 1. The highest BCUT2D eigenvalue weighted by Gasteiger charge is 2.26. The zero-order valence-electron chi connectivity index (χ0n) is 19.1. The standard InChI is InChI=1S/C27H20ClFN2O3S2/c1-15(32)23-7-8-24(36-23)17-10-18-11-21(34-26(18)22(28)12-17)13-30-25(33)9-6-20-14-35-27(31-20)16-2-4-19(29)5-3-16/h2-10,12,14,21H,11,13H2,1H3,(H,30,33)/b9-6+. The molecule has 0 saturated heterocycles. The van der Waals surface area contributed by atoms with Crippen molar-refractivity contribution in [2.24, 2.45) is 0 Å². The topological polar surface area (TPSA) is 68.3 Å². The van der Waals surface area contributed by atoms with Gasteiger partial charge in [0, 0.05) is 33.9 Å². The average Bonchev–Trinajstić information content (AvgIpc) is 3.61. The summed E-state index contributed by atoms with van der Waals surface area (Å²) in [4.78, 5) is 30.1. The number of aromatic nitrogens is 1. The van der Waals surface area contributed by atoms with Gasteiger partial charge in [0.15, 0.2) is 5.78 Å². The molecule has 1 amide bonds. The number of ketones is 1. The van der Waals surface area contributed by atoms with Crippen LogP contribution in [0.2, 0.25) is 5.02 Å². The maximum atomic E-state index is 13.1. The van der Waals surface area contributed by atoms with Gasteiger partial charge in [0.1, 0.15) is 22.7 Å². The quantitative estimate of drug-likeness (QED) is 0.211. The van der Waals surface area contributed by atoms with Crippen molar-refractivity contribution >= 4 is 52.0 Å². The lowest BCUT2D eigenvalue weighted by atomic mass is 10.1. The fraction of sp³-hybridized carbons (Fsp3) is 0.148. The Hall–Kier alpha value is -3.33. The third-order valence-corrected chi connectivity index (χ3v) is 8.04. The summed E-state index contributed by atoms with van der Waals surface area (Å²) in [6.45, 7) is 1.88. The van der Waals surface area contributed by atoms with Gasteiger partial charge in [-0.3, -0.25) is 9.59 Å². The molecule has 3 heterocycles. The highest BCUT2D eigenvalue weighted by atomic mass is 35.5. The molecule has 0 spiro atoms. The maximum Gasteiger partial charge on any atom is 0.244 e. The van der Waals surface area contributed by atoms with E-state index in [2.05, 4.69) is 10.3 Å².